The molecule has 1 aromatic carbocycles. The molecule has 0 amide bonds. The minimum atomic E-state index is -3.68. The number of hydrogen-bond donors (Lipinski definition) is 1. The quantitative estimate of drug-likeness (QED) is 0.828. The van der Waals surface area contributed by atoms with Gasteiger partial charge in [-0.15, -0.1) is 0 Å². The molecule has 3 rings (SSSR count). The molecule has 5 heteroatoms. The first-order chi connectivity index (χ1) is 12.6. The maximum Gasteiger partial charge on any atom is 0.263 e. The highest BCUT2D eigenvalue weighted by atomic mass is 32.2. The van der Waals surface area contributed by atoms with Gasteiger partial charge in [-0.2, -0.15) is 0 Å². The SMILES string of the molecule is CC1=CCN2C(=C1)CC(C)=CC=C2NS(=O)(=O)c1cccc(C(C)(C)C)c1. The summed E-state index contributed by atoms with van der Waals surface area (Å²) in [7, 11) is -3.68. The fourth-order valence-corrected chi connectivity index (χ4v) is 4.33. The predicted octanol–water partition coefficient (Wildman–Crippen LogP) is 4.60. The van der Waals surface area contributed by atoms with E-state index in [1.165, 1.54) is 11.1 Å². The summed E-state index contributed by atoms with van der Waals surface area (Å²) in [6.07, 6.45) is 8.88. The number of fused-ring (bicyclic) bond motifs is 1. The van der Waals surface area contributed by atoms with Crippen molar-refractivity contribution in [2.45, 2.75) is 51.3 Å². The molecule has 144 valence electrons. The summed E-state index contributed by atoms with van der Waals surface area (Å²) in [6.45, 7) is 11.0. The molecule has 0 spiro atoms. The van der Waals surface area contributed by atoms with E-state index in [0.717, 1.165) is 17.7 Å². The zero-order chi connectivity index (χ0) is 19.8. The molecule has 0 aromatic heterocycles. The van der Waals surface area contributed by atoms with Crippen LogP contribution in [0.15, 0.2) is 76.1 Å². The normalized spacial score (nSPS) is 17.9. The Hall–Kier alpha value is -2.27. The van der Waals surface area contributed by atoms with E-state index in [9.17, 15) is 8.42 Å². The van der Waals surface area contributed by atoms with Crippen LogP contribution in [0.25, 0.3) is 0 Å². The zero-order valence-electron chi connectivity index (χ0n) is 16.7. The van der Waals surface area contributed by atoms with Crippen LogP contribution in [-0.2, 0) is 15.4 Å². The third-order valence-corrected chi connectivity index (χ3v) is 6.21. The third-order valence-electron chi connectivity index (χ3n) is 4.86. The molecule has 4 nitrogen and oxygen atoms in total. The van der Waals surface area contributed by atoms with E-state index in [0.29, 0.717) is 12.4 Å². The number of benzene rings is 1. The Morgan fingerprint density at radius 1 is 1.11 bits per heavy atom. The highest BCUT2D eigenvalue weighted by Crippen LogP contribution is 2.29. The summed E-state index contributed by atoms with van der Waals surface area (Å²) in [5.74, 6) is 0.586. The Morgan fingerprint density at radius 2 is 1.85 bits per heavy atom. The van der Waals surface area contributed by atoms with Crippen LogP contribution in [0.4, 0.5) is 0 Å². The van der Waals surface area contributed by atoms with Crippen molar-refractivity contribution in [1.29, 1.82) is 0 Å². The van der Waals surface area contributed by atoms with E-state index in [2.05, 4.69) is 51.5 Å². The largest absolute Gasteiger partial charge is 0.327 e. The zero-order valence-corrected chi connectivity index (χ0v) is 17.5. The maximum atomic E-state index is 13.1. The maximum absolute atomic E-state index is 13.1. The van der Waals surface area contributed by atoms with Gasteiger partial charge in [0.2, 0.25) is 0 Å². The van der Waals surface area contributed by atoms with E-state index in [1.54, 1.807) is 18.2 Å². The number of rotatable bonds is 3. The summed E-state index contributed by atoms with van der Waals surface area (Å²) in [5, 5.41) is 0. The molecule has 0 unspecified atom stereocenters. The first-order valence-electron chi connectivity index (χ1n) is 9.22. The van der Waals surface area contributed by atoms with Crippen LogP contribution in [0, 0.1) is 0 Å². The molecule has 0 fully saturated rings. The van der Waals surface area contributed by atoms with Crippen molar-refractivity contribution in [3.8, 4) is 0 Å². The van der Waals surface area contributed by atoms with Crippen molar-refractivity contribution in [1.82, 2.24) is 9.62 Å². The van der Waals surface area contributed by atoms with Crippen LogP contribution in [-0.4, -0.2) is 19.9 Å². The Kier molecular flexibility index (Phi) is 5.08. The fourth-order valence-electron chi connectivity index (χ4n) is 3.22. The Bertz CT molecular complexity index is 974. The summed E-state index contributed by atoms with van der Waals surface area (Å²) < 4.78 is 29.0. The van der Waals surface area contributed by atoms with Gasteiger partial charge in [0.25, 0.3) is 10.0 Å². The lowest BCUT2D eigenvalue weighted by molar-refractivity contribution is 0.436. The van der Waals surface area contributed by atoms with Crippen molar-refractivity contribution in [2.24, 2.45) is 0 Å². The number of sulfonamides is 1. The lowest BCUT2D eigenvalue weighted by Gasteiger charge is -2.31. The second-order valence-electron chi connectivity index (χ2n) is 8.32. The van der Waals surface area contributed by atoms with Crippen LogP contribution in [0.1, 0.15) is 46.6 Å². The standard InChI is InChI=1S/C22H28N2O2S/c1-16-9-10-21(24-12-11-17(2)14-19(24)13-16)23-27(25,26)20-8-6-7-18(15-20)22(3,4)5/h6-11,14-15,23H,12-13H2,1-5H3. The molecule has 2 aliphatic heterocycles. The molecule has 2 aliphatic rings. The van der Waals surface area contributed by atoms with Gasteiger partial charge in [0.15, 0.2) is 0 Å². The van der Waals surface area contributed by atoms with Gasteiger partial charge in [-0.05, 0) is 49.1 Å². The Morgan fingerprint density at radius 3 is 2.56 bits per heavy atom. The molecule has 0 aliphatic carbocycles. The number of nitrogens with one attached hydrogen (secondary N) is 1. The number of hydrogen-bond acceptors (Lipinski definition) is 3. The second kappa shape index (κ2) is 7.04. The van der Waals surface area contributed by atoms with Crippen molar-refractivity contribution in [3.63, 3.8) is 0 Å². The van der Waals surface area contributed by atoms with Crippen molar-refractivity contribution in [2.75, 3.05) is 6.54 Å². The van der Waals surface area contributed by atoms with Gasteiger partial charge in [-0.1, -0.05) is 56.2 Å². The van der Waals surface area contributed by atoms with Gasteiger partial charge in [0.1, 0.15) is 5.82 Å². The Labute approximate surface area is 163 Å². The summed E-state index contributed by atoms with van der Waals surface area (Å²) in [4.78, 5) is 2.32. The predicted molar refractivity (Wildman–Crippen MR) is 110 cm³/mol. The van der Waals surface area contributed by atoms with Crippen LogP contribution >= 0.6 is 0 Å². The molecule has 1 N–H and O–H groups in total. The van der Waals surface area contributed by atoms with Gasteiger partial charge in [0, 0.05) is 18.7 Å². The molecular weight excluding hydrogens is 356 g/mol. The summed E-state index contributed by atoms with van der Waals surface area (Å²) >= 11 is 0. The second-order valence-corrected chi connectivity index (χ2v) is 10.0. The fraction of sp³-hybridized carbons (Fsp3) is 0.364. The highest BCUT2D eigenvalue weighted by molar-refractivity contribution is 7.89. The molecule has 0 bridgehead atoms. The lowest BCUT2D eigenvalue weighted by Crippen LogP contribution is -2.35. The number of allylic oxidation sites excluding steroid dienone is 5. The molecule has 0 atom stereocenters. The first-order valence-corrected chi connectivity index (χ1v) is 10.7. The van der Waals surface area contributed by atoms with Gasteiger partial charge in [-0.25, -0.2) is 8.42 Å². The minimum Gasteiger partial charge on any atom is -0.327 e. The van der Waals surface area contributed by atoms with E-state index in [-0.39, 0.29) is 10.3 Å². The van der Waals surface area contributed by atoms with E-state index >= 15 is 0 Å². The molecule has 1 aromatic rings. The van der Waals surface area contributed by atoms with Crippen molar-refractivity contribution in [3.05, 3.63) is 76.8 Å². The molecule has 2 heterocycles. The summed E-state index contributed by atoms with van der Waals surface area (Å²) in [5.41, 5.74) is 4.39. The first kappa shape index (κ1) is 19.5. The molecule has 0 radical (unpaired) electrons. The van der Waals surface area contributed by atoms with Crippen molar-refractivity contribution >= 4 is 10.0 Å². The molecule has 0 saturated carbocycles. The van der Waals surface area contributed by atoms with Crippen LogP contribution in [0.3, 0.4) is 0 Å². The van der Waals surface area contributed by atoms with Gasteiger partial charge < -0.3 is 4.90 Å². The molecular formula is C22H28N2O2S. The van der Waals surface area contributed by atoms with Gasteiger partial charge in [0.05, 0.1) is 4.90 Å². The van der Waals surface area contributed by atoms with E-state index < -0.39 is 10.0 Å². The average Bonchev–Trinajstić information content (AvgIpc) is 2.72. The summed E-state index contributed by atoms with van der Waals surface area (Å²) in [6, 6.07) is 7.18. The average molecular weight is 385 g/mol. The van der Waals surface area contributed by atoms with E-state index in [4.69, 9.17) is 0 Å². The lowest BCUT2D eigenvalue weighted by atomic mass is 9.87. The van der Waals surface area contributed by atoms with Crippen LogP contribution in [0.2, 0.25) is 0 Å². The minimum absolute atomic E-state index is 0.113. The Balaban J connectivity index is 1.95. The number of nitrogens with zero attached hydrogens (tertiary/aromatic N) is 1. The van der Waals surface area contributed by atoms with Crippen molar-refractivity contribution < 1.29 is 8.42 Å². The van der Waals surface area contributed by atoms with Crippen LogP contribution < -0.4 is 4.72 Å². The van der Waals surface area contributed by atoms with Gasteiger partial charge >= 0.3 is 0 Å². The van der Waals surface area contributed by atoms with E-state index in [1.807, 2.05) is 23.1 Å². The monoisotopic (exact) mass is 384 g/mol. The molecule has 0 saturated heterocycles. The third kappa shape index (κ3) is 4.35. The highest BCUT2D eigenvalue weighted by Gasteiger charge is 2.25. The van der Waals surface area contributed by atoms with Crippen LogP contribution in [0.5, 0.6) is 0 Å². The molecule has 27 heavy (non-hydrogen) atoms. The smallest absolute Gasteiger partial charge is 0.263 e. The van der Waals surface area contributed by atoms with Gasteiger partial charge in [-0.3, -0.25) is 4.72 Å². The topological polar surface area (TPSA) is 49.4 Å².